The van der Waals surface area contributed by atoms with Gasteiger partial charge in [-0.25, -0.2) is 5.43 Å². The lowest BCUT2D eigenvalue weighted by Crippen LogP contribution is -2.21. The van der Waals surface area contributed by atoms with Gasteiger partial charge in [-0.05, 0) is 66.6 Å². The number of aromatic nitrogens is 2. The van der Waals surface area contributed by atoms with Crippen molar-refractivity contribution in [2.75, 3.05) is 11.9 Å². The van der Waals surface area contributed by atoms with Gasteiger partial charge in [0.15, 0.2) is 6.61 Å². The molecule has 0 atom stereocenters. The molecule has 0 saturated carbocycles. The first-order valence-corrected chi connectivity index (χ1v) is 12.0. The average molecular weight is 536 g/mol. The van der Waals surface area contributed by atoms with Crippen molar-refractivity contribution < 1.29 is 14.3 Å². The van der Waals surface area contributed by atoms with Crippen LogP contribution in [0.2, 0.25) is 10.0 Å². The Hall–Kier alpha value is -4.14. The van der Waals surface area contributed by atoms with Gasteiger partial charge in [0.05, 0.1) is 23.5 Å². The minimum absolute atomic E-state index is 0.149. The molecule has 0 aliphatic carbocycles. The second-order valence-corrected chi connectivity index (χ2v) is 8.94. The summed E-state index contributed by atoms with van der Waals surface area (Å²) in [5, 5.41) is 12.3. The van der Waals surface area contributed by atoms with E-state index in [9.17, 15) is 9.59 Å². The van der Waals surface area contributed by atoms with Gasteiger partial charge in [-0.1, -0.05) is 47.5 Å². The summed E-state index contributed by atoms with van der Waals surface area (Å²) in [4.78, 5) is 24.8. The van der Waals surface area contributed by atoms with E-state index in [0.717, 1.165) is 11.1 Å². The van der Waals surface area contributed by atoms with E-state index in [4.69, 9.17) is 27.9 Å². The monoisotopic (exact) mass is 535 g/mol. The topological polar surface area (TPSA) is 97.6 Å². The fourth-order valence-electron chi connectivity index (χ4n) is 3.34. The van der Waals surface area contributed by atoms with Gasteiger partial charge in [0, 0.05) is 22.5 Å². The Morgan fingerprint density at radius 3 is 2.43 bits per heavy atom. The third-order valence-electron chi connectivity index (χ3n) is 5.24. The number of hydrogen-bond acceptors (Lipinski definition) is 5. The van der Waals surface area contributed by atoms with Crippen LogP contribution in [0.4, 0.5) is 5.69 Å². The Labute approximate surface area is 223 Å². The summed E-state index contributed by atoms with van der Waals surface area (Å²) in [6.07, 6.45) is 3.31. The van der Waals surface area contributed by atoms with E-state index < -0.39 is 0 Å². The molecule has 0 spiro atoms. The third-order valence-corrected chi connectivity index (χ3v) is 5.68. The standard InChI is InChI=1S/C27H23Cl2N5O3/c1-18(32-33-27(36)20-7-5-19(6-8-20)15-34-16-23(29)14-30-34)21-3-2-4-24(13-21)31-26(35)17-37-25-11-9-22(28)10-12-25/h2-14,16H,15,17H2,1H3,(H,31,35)(H,33,36). The number of benzene rings is 3. The molecule has 188 valence electrons. The highest BCUT2D eigenvalue weighted by Crippen LogP contribution is 2.16. The second kappa shape index (κ2) is 12.2. The Morgan fingerprint density at radius 1 is 0.973 bits per heavy atom. The minimum atomic E-state index is -0.336. The van der Waals surface area contributed by atoms with Crippen LogP contribution in [0.3, 0.4) is 0 Å². The van der Waals surface area contributed by atoms with E-state index in [1.807, 2.05) is 18.2 Å². The maximum absolute atomic E-state index is 12.5. The number of rotatable bonds is 9. The molecule has 0 fully saturated rings. The quantitative estimate of drug-likeness (QED) is 0.221. The molecule has 8 nitrogen and oxygen atoms in total. The molecule has 0 saturated heterocycles. The molecule has 2 N–H and O–H groups in total. The fraction of sp³-hybridized carbons (Fsp3) is 0.111. The number of hydrogen-bond donors (Lipinski definition) is 2. The third kappa shape index (κ3) is 7.67. The molecule has 1 heterocycles. The van der Waals surface area contributed by atoms with Crippen molar-refractivity contribution in [1.82, 2.24) is 15.2 Å². The van der Waals surface area contributed by atoms with Crippen molar-refractivity contribution in [3.05, 3.63) is 112 Å². The second-order valence-electron chi connectivity index (χ2n) is 8.06. The van der Waals surface area contributed by atoms with Crippen molar-refractivity contribution in [2.24, 2.45) is 5.10 Å². The summed E-state index contributed by atoms with van der Waals surface area (Å²) in [6, 6.07) is 21.1. The summed E-state index contributed by atoms with van der Waals surface area (Å²) in [7, 11) is 0. The maximum atomic E-state index is 12.5. The Morgan fingerprint density at radius 2 is 1.73 bits per heavy atom. The summed E-state index contributed by atoms with van der Waals surface area (Å²) in [5.41, 5.74) is 5.92. The van der Waals surface area contributed by atoms with Crippen LogP contribution < -0.4 is 15.5 Å². The lowest BCUT2D eigenvalue weighted by molar-refractivity contribution is -0.118. The van der Waals surface area contributed by atoms with Crippen LogP contribution in [-0.2, 0) is 11.3 Å². The zero-order valence-electron chi connectivity index (χ0n) is 19.8. The van der Waals surface area contributed by atoms with Crippen LogP contribution in [0.5, 0.6) is 5.75 Å². The van der Waals surface area contributed by atoms with Crippen LogP contribution in [0, 0.1) is 0 Å². The number of nitrogens with zero attached hydrogens (tertiary/aromatic N) is 3. The first-order chi connectivity index (χ1) is 17.9. The predicted octanol–water partition coefficient (Wildman–Crippen LogP) is 5.41. The maximum Gasteiger partial charge on any atom is 0.271 e. The van der Waals surface area contributed by atoms with Crippen molar-refractivity contribution in [2.45, 2.75) is 13.5 Å². The lowest BCUT2D eigenvalue weighted by atomic mass is 10.1. The van der Waals surface area contributed by atoms with Gasteiger partial charge in [0.25, 0.3) is 11.8 Å². The lowest BCUT2D eigenvalue weighted by Gasteiger charge is -2.09. The van der Waals surface area contributed by atoms with Crippen molar-refractivity contribution in [3.8, 4) is 5.75 Å². The molecular formula is C27H23Cl2N5O3. The molecule has 1 aromatic heterocycles. The number of anilines is 1. The molecule has 0 aliphatic heterocycles. The van der Waals surface area contributed by atoms with E-state index >= 15 is 0 Å². The van der Waals surface area contributed by atoms with Gasteiger partial charge < -0.3 is 10.1 Å². The van der Waals surface area contributed by atoms with Crippen LogP contribution in [0.1, 0.15) is 28.4 Å². The summed E-state index contributed by atoms with van der Waals surface area (Å²) in [5.74, 6) is -0.101. The number of amides is 2. The number of ether oxygens (including phenoxy) is 1. The number of carbonyl (C=O) groups is 2. The van der Waals surface area contributed by atoms with Crippen LogP contribution >= 0.6 is 23.2 Å². The van der Waals surface area contributed by atoms with Gasteiger partial charge in [-0.3, -0.25) is 14.3 Å². The summed E-state index contributed by atoms with van der Waals surface area (Å²) in [6.45, 7) is 2.17. The molecule has 0 bridgehead atoms. The average Bonchev–Trinajstić information content (AvgIpc) is 3.31. The van der Waals surface area contributed by atoms with Gasteiger partial charge >= 0.3 is 0 Å². The highest BCUT2D eigenvalue weighted by atomic mass is 35.5. The van der Waals surface area contributed by atoms with Crippen molar-refractivity contribution in [3.63, 3.8) is 0 Å². The zero-order valence-corrected chi connectivity index (χ0v) is 21.3. The minimum Gasteiger partial charge on any atom is -0.484 e. The first kappa shape index (κ1) is 25.9. The van der Waals surface area contributed by atoms with Gasteiger partial charge in [-0.2, -0.15) is 10.2 Å². The van der Waals surface area contributed by atoms with Crippen molar-refractivity contribution >= 4 is 46.4 Å². The van der Waals surface area contributed by atoms with E-state index in [0.29, 0.717) is 39.3 Å². The first-order valence-electron chi connectivity index (χ1n) is 11.3. The van der Waals surface area contributed by atoms with Gasteiger partial charge in [0.2, 0.25) is 0 Å². The molecule has 2 amide bonds. The molecule has 4 rings (SSSR count). The number of carbonyl (C=O) groups excluding carboxylic acids is 2. The Bertz CT molecular complexity index is 1420. The predicted molar refractivity (Wildman–Crippen MR) is 144 cm³/mol. The highest BCUT2D eigenvalue weighted by Gasteiger charge is 2.08. The van der Waals surface area contributed by atoms with Crippen LogP contribution in [-0.4, -0.2) is 33.9 Å². The van der Waals surface area contributed by atoms with E-state index in [-0.39, 0.29) is 18.4 Å². The fourth-order valence-corrected chi connectivity index (χ4v) is 3.62. The molecule has 0 radical (unpaired) electrons. The Kier molecular flexibility index (Phi) is 8.56. The normalized spacial score (nSPS) is 11.2. The molecule has 0 unspecified atom stereocenters. The van der Waals surface area contributed by atoms with Crippen LogP contribution in [0.25, 0.3) is 0 Å². The van der Waals surface area contributed by atoms with Crippen molar-refractivity contribution in [1.29, 1.82) is 0 Å². The largest absolute Gasteiger partial charge is 0.484 e. The Balaban J connectivity index is 1.30. The zero-order chi connectivity index (χ0) is 26.2. The molecule has 0 aliphatic rings. The highest BCUT2D eigenvalue weighted by molar-refractivity contribution is 6.30. The van der Waals surface area contributed by atoms with Gasteiger partial charge in [-0.15, -0.1) is 0 Å². The molecule has 3 aromatic carbocycles. The SMILES string of the molecule is CC(=NNC(=O)c1ccc(Cn2cc(Cl)cn2)cc1)c1cccc(NC(=O)COc2ccc(Cl)cc2)c1. The smallest absolute Gasteiger partial charge is 0.271 e. The molecule has 37 heavy (non-hydrogen) atoms. The number of nitrogens with one attached hydrogen (secondary N) is 2. The van der Waals surface area contributed by atoms with E-state index in [1.54, 1.807) is 78.6 Å². The van der Waals surface area contributed by atoms with E-state index in [2.05, 4.69) is 20.9 Å². The summed E-state index contributed by atoms with van der Waals surface area (Å²) >= 11 is 11.7. The molecule has 10 heteroatoms. The molecular weight excluding hydrogens is 513 g/mol. The number of halogens is 2. The number of hydrazone groups is 1. The van der Waals surface area contributed by atoms with Crippen LogP contribution in [0.15, 0.2) is 90.3 Å². The van der Waals surface area contributed by atoms with Gasteiger partial charge in [0.1, 0.15) is 5.75 Å². The van der Waals surface area contributed by atoms with E-state index in [1.165, 1.54) is 0 Å². The molecule has 4 aromatic rings. The summed E-state index contributed by atoms with van der Waals surface area (Å²) < 4.78 is 7.18.